The van der Waals surface area contributed by atoms with E-state index in [9.17, 15) is 14.7 Å². The van der Waals surface area contributed by atoms with Crippen LogP contribution in [0.4, 0.5) is 0 Å². The van der Waals surface area contributed by atoms with Gasteiger partial charge < -0.3 is 0 Å². The number of rotatable bonds is 4. The van der Waals surface area contributed by atoms with E-state index in [-0.39, 0.29) is 16.7 Å². The summed E-state index contributed by atoms with van der Waals surface area (Å²) in [6.45, 7) is 0. The molecule has 5 nitrogen and oxygen atoms in total. The quantitative estimate of drug-likeness (QED) is 0.831. The van der Waals surface area contributed by atoms with Gasteiger partial charge in [-0.05, 0) is 0 Å². The van der Waals surface area contributed by atoms with Crippen molar-refractivity contribution in [1.29, 1.82) is 0 Å². The third-order valence-corrected chi connectivity index (χ3v) is 4.50. The maximum atomic E-state index is 11.8. The summed E-state index contributed by atoms with van der Waals surface area (Å²) < 4.78 is -0.418. The van der Waals surface area contributed by atoms with Crippen LogP contribution in [0.3, 0.4) is 0 Å². The van der Waals surface area contributed by atoms with Gasteiger partial charge in [0.25, 0.3) is 0 Å². The second kappa shape index (κ2) is 5.59. The number of carboxylic acid groups (broad SMARTS) is 1. The number of nitrogens with zero attached hydrogens (tertiary/aromatic N) is 1. The normalized spacial score (nSPS) is 11.2. The van der Waals surface area contributed by atoms with Crippen LogP contribution in [0.25, 0.3) is 10.9 Å². The standard InChI is InChI=1S/C12H8AsClNO4/c14-7-2-1-6-3-9(16)11(15-8(6)4-7)12(19)13-5-10(17)18/h1-4,16H,5H2,(H,17,18). The van der Waals surface area contributed by atoms with Crippen molar-refractivity contribution in [3.05, 3.63) is 35.0 Å². The first kappa shape index (κ1) is 13.8. The third-order valence-electron chi connectivity index (χ3n) is 2.32. The summed E-state index contributed by atoms with van der Waals surface area (Å²) in [6.07, 6.45) is 0. The van der Waals surface area contributed by atoms with Crippen molar-refractivity contribution in [1.82, 2.24) is 4.98 Å². The fourth-order valence-electron chi connectivity index (χ4n) is 1.50. The number of hydrogen-bond acceptors (Lipinski definition) is 4. The first-order chi connectivity index (χ1) is 8.97. The van der Waals surface area contributed by atoms with Crippen LogP contribution >= 0.6 is 11.6 Å². The molecule has 0 bridgehead atoms. The van der Waals surface area contributed by atoms with E-state index in [4.69, 9.17) is 16.7 Å². The van der Waals surface area contributed by atoms with Crippen molar-refractivity contribution in [2.45, 2.75) is 5.21 Å². The number of aliphatic carboxylic acids is 1. The summed E-state index contributed by atoms with van der Waals surface area (Å²) in [5.74, 6) is -1.27. The first-order valence-electron chi connectivity index (χ1n) is 5.20. The van der Waals surface area contributed by atoms with Crippen LogP contribution in [0.5, 0.6) is 5.75 Å². The van der Waals surface area contributed by atoms with E-state index in [0.717, 1.165) is 0 Å². The number of halogens is 1. The fourth-order valence-corrected chi connectivity index (χ4v) is 2.91. The molecule has 0 saturated carbocycles. The number of carboxylic acids is 1. The van der Waals surface area contributed by atoms with Crippen LogP contribution in [0.2, 0.25) is 10.2 Å². The fraction of sp³-hybridized carbons (Fsp3) is 0.0833. The number of aromatic hydroxyl groups is 1. The molecule has 0 fully saturated rings. The van der Waals surface area contributed by atoms with Gasteiger partial charge in [0.2, 0.25) is 0 Å². The number of aromatic nitrogens is 1. The van der Waals surface area contributed by atoms with Crippen molar-refractivity contribution >= 4 is 48.8 Å². The van der Waals surface area contributed by atoms with Crippen molar-refractivity contribution < 1.29 is 19.8 Å². The number of fused-ring (bicyclic) bond motifs is 1. The molecule has 2 aromatic rings. The number of carbonyl (C=O) groups is 2. The number of benzene rings is 1. The zero-order valence-electron chi connectivity index (χ0n) is 9.50. The summed E-state index contributed by atoms with van der Waals surface area (Å²) >= 11 is 4.75. The van der Waals surface area contributed by atoms with E-state index in [2.05, 4.69) is 4.98 Å². The molecule has 7 heteroatoms. The van der Waals surface area contributed by atoms with Crippen molar-refractivity contribution in [2.75, 3.05) is 0 Å². The minimum atomic E-state index is -1.08. The molecule has 0 atom stereocenters. The Balaban J connectivity index is 2.39. The van der Waals surface area contributed by atoms with E-state index in [1.54, 1.807) is 18.2 Å². The average molecular weight is 341 g/mol. The number of pyridine rings is 1. The molecule has 0 aliphatic rings. The van der Waals surface area contributed by atoms with Crippen molar-refractivity contribution in [3.8, 4) is 5.75 Å². The zero-order valence-corrected chi connectivity index (χ0v) is 12.1. The predicted molar refractivity (Wildman–Crippen MR) is 70.9 cm³/mol. The van der Waals surface area contributed by atoms with E-state index < -0.39 is 26.3 Å². The SMILES string of the molecule is O=C(O)C[As]C(=O)c1nc2cc(Cl)ccc2cc1O. The molecule has 2 N–H and O–H groups in total. The monoisotopic (exact) mass is 340 g/mol. The van der Waals surface area contributed by atoms with Gasteiger partial charge in [-0.1, -0.05) is 0 Å². The van der Waals surface area contributed by atoms with Crippen LogP contribution in [-0.2, 0) is 4.79 Å². The van der Waals surface area contributed by atoms with E-state index in [1.165, 1.54) is 6.07 Å². The average Bonchev–Trinajstić information content (AvgIpc) is 2.35. The van der Waals surface area contributed by atoms with Gasteiger partial charge in [-0.15, -0.1) is 0 Å². The Kier molecular flexibility index (Phi) is 4.07. The maximum absolute atomic E-state index is 11.8. The molecule has 0 spiro atoms. The molecule has 1 aromatic carbocycles. The van der Waals surface area contributed by atoms with Crippen molar-refractivity contribution in [2.24, 2.45) is 0 Å². The summed E-state index contributed by atoms with van der Waals surface area (Å²) in [6, 6.07) is 6.35. The van der Waals surface area contributed by atoms with Crippen LogP contribution in [0.1, 0.15) is 10.5 Å². The van der Waals surface area contributed by atoms with Gasteiger partial charge in [0.05, 0.1) is 0 Å². The predicted octanol–water partition coefficient (Wildman–Crippen LogP) is 1.94. The molecular formula is C12H8AsClNO4. The molecule has 1 radical (unpaired) electrons. The molecule has 0 aliphatic carbocycles. The number of hydrogen-bond donors (Lipinski definition) is 2. The Bertz CT molecular complexity index is 674. The zero-order chi connectivity index (χ0) is 14.0. The summed E-state index contributed by atoms with van der Waals surface area (Å²) in [5, 5.41) is 19.3. The topological polar surface area (TPSA) is 87.5 Å². The van der Waals surface area contributed by atoms with E-state index in [0.29, 0.717) is 15.9 Å². The Labute approximate surface area is 119 Å². The van der Waals surface area contributed by atoms with E-state index in [1.807, 2.05) is 0 Å². The van der Waals surface area contributed by atoms with Crippen LogP contribution < -0.4 is 0 Å². The molecule has 1 heterocycles. The minimum absolute atomic E-state index is 0.0870. The Hall–Kier alpha value is -1.58. The summed E-state index contributed by atoms with van der Waals surface area (Å²) in [4.78, 5) is 26.3. The van der Waals surface area contributed by atoms with Gasteiger partial charge >= 0.3 is 120 Å². The van der Waals surface area contributed by atoms with Crippen LogP contribution in [-0.4, -0.2) is 41.5 Å². The molecule has 0 unspecified atom stereocenters. The molecule has 0 aliphatic heterocycles. The molecular weight excluding hydrogens is 333 g/mol. The number of carbonyl (C=O) groups excluding carboxylic acids is 1. The second-order valence-corrected chi connectivity index (χ2v) is 6.32. The van der Waals surface area contributed by atoms with Gasteiger partial charge in [-0.2, -0.15) is 0 Å². The van der Waals surface area contributed by atoms with Crippen molar-refractivity contribution in [3.63, 3.8) is 0 Å². The Morgan fingerprint density at radius 1 is 1.32 bits per heavy atom. The molecule has 0 saturated heterocycles. The Morgan fingerprint density at radius 3 is 2.74 bits per heavy atom. The van der Waals surface area contributed by atoms with Crippen LogP contribution in [0, 0.1) is 0 Å². The molecule has 2 rings (SSSR count). The van der Waals surface area contributed by atoms with Gasteiger partial charge in [0.15, 0.2) is 0 Å². The van der Waals surface area contributed by atoms with Gasteiger partial charge in [0.1, 0.15) is 0 Å². The molecule has 19 heavy (non-hydrogen) atoms. The summed E-state index contributed by atoms with van der Waals surface area (Å²) in [5.41, 5.74) is 0.404. The second-order valence-electron chi connectivity index (χ2n) is 3.71. The first-order valence-corrected chi connectivity index (χ1v) is 7.84. The molecule has 0 amide bonds. The summed E-state index contributed by atoms with van der Waals surface area (Å²) in [7, 11) is 0. The van der Waals surface area contributed by atoms with E-state index >= 15 is 0 Å². The van der Waals surface area contributed by atoms with Crippen LogP contribution in [0.15, 0.2) is 24.3 Å². The van der Waals surface area contributed by atoms with Gasteiger partial charge in [-0.3, -0.25) is 0 Å². The van der Waals surface area contributed by atoms with Gasteiger partial charge in [-0.25, -0.2) is 0 Å². The molecule has 1 aromatic heterocycles. The third kappa shape index (κ3) is 3.25. The Morgan fingerprint density at radius 2 is 2.05 bits per heavy atom. The molecule has 97 valence electrons. The van der Waals surface area contributed by atoms with Gasteiger partial charge in [0, 0.05) is 0 Å².